The predicted octanol–water partition coefficient (Wildman–Crippen LogP) is 2.36. The fourth-order valence-corrected chi connectivity index (χ4v) is 2.60. The number of aryl methyl sites for hydroxylation is 1. The van der Waals surface area contributed by atoms with Gasteiger partial charge in [-0.25, -0.2) is 0 Å². The third kappa shape index (κ3) is 5.05. The van der Waals surface area contributed by atoms with Crippen LogP contribution in [0, 0.1) is 6.92 Å². The maximum atomic E-state index is 12.0. The van der Waals surface area contributed by atoms with E-state index in [1.807, 2.05) is 31.2 Å². The van der Waals surface area contributed by atoms with Crippen molar-refractivity contribution < 1.29 is 9.53 Å². The van der Waals surface area contributed by atoms with Crippen molar-refractivity contribution in [2.24, 2.45) is 0 Å². The topological polar surface area (TPSA) is 41.6 Å². The Labute approximate surface area is 127 Å². The van der Waals surface area contributed by atoms with E-state index in [2.05, 4.69) is 10.2 Å². The predicted molar refractivity (Wildman–Crippen MR) is 84.6 cm³/mol. The summed E-state index contributed by atoms with van der Waals surface area (Å²) < 4.78 is 5.71. The highest BCUT2D eigenvalue weighted by Crippen LogP contribution is 2.17. The molecule has 1 aliphatic heterocycles. The minimum absolute atomic E-state index is 0.0420. The number of hydrogen-bond acceptors (Lipinski definition) is 3. The van der Waals surface area contributed by atoms with E-state index in [4.69, 9.17) is 4.74 Å². The third-order valence-corrected chi connectivity index (χ3v) is 3.92. The van der Waals surface area contributed by atoms with Gasteiger partial charge in [-0.1, -0.05) is 18.2 Å². The largest absolute Gasteiger partial charge is 0.481 e. The van der Waals surface area contributed by atoms with Crippen molar-refractivity contribution in [1.29, 1.82) is 0 Å². The van der Waals surface area contributed by atoms with Gasteiger partial charge in [0.2, 0.25) is 0 Å². The molecule has 0 radical (unpaired) electrons. The number of likely N-dealkylation sites (tertiary alicyclic amines) is 1. The maximum Gasteiger partial charge on any atom is 0.260 e. The van der Waals surface area contributed by atoms with Crippen molar-refractivity contribution in [2.45, 2.75) is 39.2 Å². The fourth-order valence-electron chi connectivity index (χ4n) is 2.60. The Kier molecular flexibility index (Phi) is 6.05. The van der Waals surface area contributed by atoms with Crippen LogP contribution >= 0.6 is 0 Å². The van der Waals surface area contributed by atoms with E-state index < -0.39 is 6.10 Å². The van der Waals surface area contributed by atoms with Crippen molar-refractivity contribution >= 4 is 5.91 Å². The summed E-state index contributed by atoms with van der Waals surface area (Å²) in [6.45, 7) is 7.99. The van der Waals surface area contributed by atoms with Crippen LogP contribution in [0.3, 0.4) is 0 Å². The molecule has 116 valence electrons. The number of hydrogen-bond donors (Lipinski definition) is 1. The Balaban J connectivity index is 1.66. The zero-order valence-electron chi connectivity index (χ0n) is 13.1. The lowest BCUT2D eigenvalue weighted by molar-refractivity contribution is -0.127. The van der Waals surface area contributed by atoms with Crippen molar-refractivity contribution in [1.82, 2.24) is 10.2 Å². The third-order valence-electron chi connectivity index (χ3n) is 3.92. The molecule has 21 heavy (non-hydrogen) atoms. The number of para-hydroxylation sites is 1. The number of nitrogens with one attached hydrogen (secondary N) is 1. The fraction of sp³-hybridized carbons (Fsp3) is 0.588. The Morgan fingerprint density at radius 1 is 1.33 bits per heavy atom. The second-order valence-corrected chi connectivity index (χ2v) is 5.72. The van der Waals surface area contributed by atoms with Crippen LogP contribution < -0.4 is 10.1 Å². The van der Waals surface area contributed by atoms with Gasteiger partial charge in [-0.2, -0.15) is 0 Å². The lowest BCUT2D eigenvalue weighted by Gasteiger charge is -2.17. The second kappa shape index (κ2) is 8.03. The first-order valence-electron chi connectivity index (χ1n) is 7.89. The first-order valence-corrected chi connectivity index (χ1v) is 7.89. The first kappa shape index (κ1) is 15.8. The van der Waals surface area contributed by atoms with Crippen LogP contribution in [0.5, 0.6) is 5.75 Å². The Bertz CT molecular complexity index is 456. The van der Waals surface area contributed by atoms with Crippen LogP contribution in [-0.4, -0.2) is 43.1 Å². The first-order chi connectivity index (χ1) is 10.2. The quantitative estimate of drug-likeness (QED) is 0.784. The standard InChI is InChI=1S/C17H26N2O2/c1-14-8-3-4-9-16(14)21-15(2)17(20)18-10-7-13-19-11-5-6-12-19/h3-4,8-9,15H,5-7,10-13H2,1-2H3,(H,18,20). The summed E-state index contributed by atoms with van der Waals surface area (Å²) in [5, 5.41) is 2.96. The number of nitrogens with zero attached hydrogens (tertiary/aromatic N) is 1. The van der Waals surface area contributed by atoms with Gasteiger partial charge in [-0.05, 0) is 64.4 Å². The molecule has 2 rings (SSSR count). The molecular formula is C17H26N2O2. The SMILES string of the molecule is Cc1ccccc1OC(C)C(=O)NCCCN1CCCC1. The lowest BCUT2D eigenvalue weighted by atomic mass is 10.2. The molecule has 0 saturated carbocycles. The molecule has 1 aromatic rings. The molecule has 1 fully saturated rings. The van der Waals surface area contributed by atoms with E-state index in [9.17, 15) is 4.79 Å². The smallest absolute Gasteiger partial charge is 0.260 e. The van der Waals surface area contributed by atoms with Crippen LogP contribution in [0.2, 0.25) is 0 Å². The molecule has 1 unspecified atom stereocenters. The zero-order valence-corrected chi connectivity index (χ0v) is 13.1. The van der Waals surface area contributed by atoms with E-state index >= 15 is 0 Å². The van der Waals surface area contributed by atoms with Crippen LogP contribution in [-0.2, 0) is 4.79 Å². The molecule has 1 N–H and O–H groups in total. The van der Waals surface area contributed by atoms with Crippen LogP contribution in [0.25, 0.3) is 0 Å². The summed E-state index contributed by atoms with van der Waals surface area (Å²) in [5.41, 5.74) is 1.05. The van der Waals surface area contributed by atoms with Gasteiger partial charge in [-0.15, -0.1) is 0 Å². The number of ether oxygens (including phenoxy) is 1. The van der Waals surface area contributed by atoms with Gasteiger partial charge < -0.3 is 15.0 Å². The zero-order chi connectivity index (χ0) is 15.1. The van der Waals surface area contributed by atoms with E-state index in [1.165, 1.54) is 25.9 Å². The van der Waals surface area contributed by atoms with Crippen molar-refractivity contribution in [3.63, 3.8) is 0 Å². The van der Waals surface area contributed by atoms with E-state index in [-0.39, 0.29) is 5.91 Å². The second-order valence-electron chi connectivity index (χ2n) is 5.72. The number of benzene rings is 1. The van der Waals surface area contributed by atoms with Crippen LogP contribution in [0.1, 0.15) is 31.7 Å². The number of amides is 1. The van der Waals surface area contributed by atoms with E-state index in [1.54, 1.807) is 6.92 Å². The minimum Gasteiger partial charge on any atom is -0.481 e. The monoisotopic (exact) mass is 290 g/mol. The molecule has 1 amide bonds. The van der Waals surface area contributed by atoms with E-state index in [0.29, 0.717) is 0 Å². The summed E-state index contributed by atoms with van der Waals surface area (Å²) >= 11 is 0. The Morgan fingerprint density at radius 2 is 2.05 bits per heavy atom. The number of carbonyl (C=O) groups is 1. The van der Waals surface area contributed by atoms with Gasteiger partial charge in [0.05, 0.1) is 0 Å². The van der Waals surface area contributed by atoms with Gasteiger partial charge in [0.25, 0.3) is 5.91 Å². The lowest BCUT2D eigenvalue weighted by Crippen LogP contribution is -2.37. The molecule has 1 saturated heterocycles. The summed E-state index contributed by atoms with van der Waals surface area (Å²) in [5.74, 6) is 0.733. The average molecular weight is 290 g/mol. The summed E-state index contributed by atoms with van der Waals surface area (Å²) in [4.78, 5) is 14.5. The van der Waals surface area contributed by atoms with Gasteiger partial charge in [0.1, 0.15) is 5.75 Å². The van der Waals surface area contributed by atoms with Crippen LogP contribution in [0.4, 0.5) is 0 Å². The summed E-state index contributed by atoms with van der Waals surface area (Å²) in [6, 6.07) is 7.76. The summed E-state index contributed by atoms with van der Waals surface area (Å²) in [7, 11) is 0. The average Bonchev–Trinajstić information content (AvgIpc) is 2.99. The van der Waals surface area contributed by atoms with Gasteiger partial charge in [-0.3, -0.25) is 4.79 Å². The highest BCUT2D eigenvalue weighted by molar-refractivity contribution is 5.80. The number of rotatable bonds is 7. The molecule has 1 heterocycles. The Morgan fingerprint density at radius 3 is 2.76 bits per heavy atom. The van der Waals surface area contributed by atoms with Gasteiger partial charge in [0.15, 0.2) is 6.10 Å². The summed E-state index contributed by atoms with van der Waals surface area (Å²) in [6.07, 6.45) is 3.17. The molecule has 4 heteroatoms. The number of carbonyl (C=O) groups excluding carboxylic acids is 1. The molecule has 0 bridgehead atoms. The molecule has 0 aromatic heterocycles. The molecule has 1 aliphatic rings. The van der Waals surface area contributed by atoms with E-state index in [0.717, 1.165) is 30.8 Å². The van der Waals surface area contributed by atoms with Crippen molar-refractivity contribution in [2.75, 3.05) is 26.2 Å². The van der Waals surface area contributed by atoms with Crippen molar-refractivity contribution in [3.8, 4) is 5.75 Å². The van der Waals surface area contributed by atoms with Gasteiger partial charge in [0, 0.05) is 6.54 Å². The highest BCUT2D eigenvalue weighted by Gasteiger charge is 2.15. The normalized spacial score (nSPS) is 16.7. The molecule has 1 aromatic carbocycles. The highest BCUT2D eigenvalue weighted by atomic mass is 16.5. The minimum atomic E-state index is -0.460. The Hall–Kier alpha value is -1.55. The molecule has 0 spiro atoms. The van der Waals surface area contributed by atoms with Crippen molar-refractivity contribution in [3.05, 3.63) is 29.8 Å². The van der Waals surface area contributed by atoms with Crippen LogP contribution in [0.15, 0.2) is 24.3 Å². The molecule has 4 nitrogen and oxygen atoms in total. The maximum absolute atomic E-state index is 12.0. The molecule has 1 atom stereocenters. The molecular weight excluding hydrogens is 264 g/mol. The molecule has 0 aliphatic carbocycles. The van der Waals surface area contributed by atoms with Gasteiger partial charge >= 0.3 is 0 Å².